The number of nitrogens with two attached hydrogens (primary N) is 1. The van der Waals surface area contributed by atoms with Crippen molar-refractivity contribution in [1.29, 1.82) is 0 Å². The van der Waals surface area contributed by atoms with Gasteiger partial charge in [0.15, 0.2) is 0 Å². The molecule has 2 atom stereocenters. The number of nitrogens with zero attached hydrogens (tertiary/aromatic N) is 9. The summed E-state index contributed by atoms with van der Waals surface area (Å²) in [6.07, 6.45) is 4.64. The van der Waals surface area contributed by atoms with Crippen molar-refractivity contribution in [2.75, 3.05) is 42.5 Å². The summed E-state index contributed by atoms with van der Waals surface area (Å²) in [7, 11) is 0. The molecule has 0 unspecified atom stereocenters. The lowest BCUT2D eigenvalue weighted by Gasteiger charge is -2.37. The minimum absolute atomic E-state index is 0. The molecule has 2 aliphatic rings. The highest BCUT2D eigenvalue weighted by Gasteiger charge is 2.35. The number of halogens is 3. The Kier molecular flexibility index (Phi) is 8.90. The van der Waals surface area contributed by atoms with Crippen molar-refractivity contribution < 1.29 is 13.6 Å². The van der Waals surface area contributed by atoms with Gasteiger partial charge in [0.05, 0.1) is 12.1 Å². The average molecular weight is 563 g/mol. The predicted molar refractivity (Wildman–Crippen MR) is 144 cm³/mol. The van der Waals surface area contributed by atoms with Crippen molar-refractivity contribution in [2.45, 2.75) is 51.2 Å². The number of piperidine rings is 1. The van der Waals surface area contributed by atoms with Gasteiger partial charge in [-0.15, -0.1) is 17.5 Å². The number of rotatable bonds is 7. The van der Waals surface area contributed by atoms with Gasteiger partial charge in [-0.25, -0.2) is 18.7 Å². The zero-order valence-electron chi connectivity index (χ0n) is 22.0. The maximum Gasteiger partial charge on any atom is 0.266 e. The monoisotopic (exact) mass is 562 g/mol. The molecule has 4 heterocycles. The number of carbonyl (C=O) groups excluding carboxylic acids is 1. The van der Waals surface area contributed by atoms with Crippen LogP contribution in [-0.2, 0) is 6.54 Å². The minimum atomic E-state index is -0.502. The highest BCUT2D eigenvalue weighted by Crippen LogP contribution is 2.31. The number of carbonyl (C=O) groups is 1. The second kappa shape index (κ2) is 12.2. The molecule has 1 aromatic carbocycles. The molecular weight excluding hydrogens is 530 g/mol. The summed E-state index contributed by atoms with van der Waals surface area (Å²) in [5, 5.41) is 12.5. The summed E-state index contributed by atoms with van der Waals surface area (Å²) < 4.78 is 28.0. The SMILES string of the molecule is CCN(C(=O)c1cnc(N2C[C@H](c3cc(F)ccc3F)[C@@H](N)C2)nc1)C1CCN(c2nnn(CC)n2)CC1.Cl. The van der Waals surface area contributed by atoms with E-state index in [1.165, 1.54) is 18.5 Å². The molecule has 11 nitrogen and oxygen atoms in total. The fourth-order valence-corrected chi connectivity index (χ4v) is 5.32. The fourth-order valence-electron chi connectivity index (χ4n) is 5.32. The molecule has 5 rings (SSSR count). The first-order chi connectivity index (χ1) is 18.4. The first kappa shape index (κ1) is 28.6. The molecule has 2 fully saturated rings. The molecule has 2 aliphatic heterocycles. The third kappa shape index (κ3) is 5.93. The Labute approximate surface area is 231 Å². The molecule has 0 bridgehead atoms. The summed E-state index contributed by atoms with van der Waals surface area (Å²) >= 11 is 0. The van der Waals surface area contributed by atoms with Crippen LogP contribution in [0.4, 0.5) is 20.7 Å². The van der Waals surface area contributed by atoms with Gasteiger partial charge in [-0.3, -0.25) is 4.79 Å². The van der Waals surface area contributed by atoms with Crippen molar-refractivity contribution in [1.82, 2.24) is 35.1 Å². The van der Waals surface area contributed by atoms with Crippen LogP contribution >= 0.6 is 12.4 Å². The van der Waals surface area contributed by atoms with Crippen LogP contribution in [0.15, 0.2) is 30.6 Å². The molecule has 39 heavy (non-hydrogen) atoms. The quantitative estimate of drug-likeness (QED) is 0.462. The lowest BCUT2D eigenvalue weighted by molar-refractivity contribution is 0.0662. The molecule has 14 heteroatoms. The molecule has 0 saturated carbocycles. The van der Waals surface area contributed by atoms with Crippen LogP contribution in [0.5, 0.6) is 0 Å². The zero-order chi connectivity index (χ0) is 26.8. The largest absolute Gasteiger partial charge is 0.339 e. The standard InChI is InChI=1S/C25H32F2N10O.ClH/c1-3-36(18-7-9-34(10-8-18)25-31-33-37(4-2)32-25)23(38)16-12-29-24(30-13-16)35-14-20(22(28)15-35)19-11-17(26)5-6-21(19)27;/h5-6,11-13,18,20,22H,3-4,7-10,14-15,28H2,1-2H3;1H/t20-,22+;/m1./s1. The Balaban J connectivity index is 0.00000353. The van der Waals surface area contributed by atoms with E-state index in [4.69, 9.17) is 5.73 Å². The molecular formula is C25H33ClF2N10O. The van der Waals surface area contributed by atoms with Crippen molar-refractivity contribution in [2.24, 2.45) is 5.73 Å². The summed E-state index contributed by atoms with van der Waals surface area (Å²) in [6, 6.07) is 3.09. The van der Waals surface area contributed by atoms with Crippen molar-refractivity contribution in [3.8, 4) is 0 Å². The Hall–Kier alpha value is -3.45. The second-order valence-electron chi connectivity index (χ2n) is 9.70. The zero-order valence-corrected chi connectivity index (χ0v) is 22.8. The van der Waals surface area contributed by atoms with E-state index < -0.39 is 23.6 Å². The van der Waals surface area contributed by atoms with Crippen LogP contribution in [-0.4, -0.2) is 85.8 Å². The number of benzene rings is 1. The first-order valence-corrected chi connectivity index (χ1v) is 13.0. The molecule has 1 amide bonds. The van der Waals surface area contributed by atoms with Gasteiger partial charge in [0, 0.05) is 63.1 Å². The number of amides is 1. The van der Waals surface area contributed by atoms with Crippen LogP contribution in [0, 0.1) is 11.6 Å². The number of hydrogen-bond acceptors (Lipinski definition) is 9. The highest BCUT2D eigenvalue weighted by molar-refractivity contribution is 5.94. The van der Waals surface area contributed by atoms with Crippen LogP contribution in [0.1, 0.15) is 48.5 Å². The third-order valence-corrected chi connectivity index (χ3v) is 7.41. The molecule has 0 spiro atoms. The van der Waals surface area contributed by atoms with Gasteiger partial charge < -0.3 is 20.4 Å². The Morgan fingerprint density at radius 3 is 2.44 bits per heavy atom. The normalized spacial score (nSPS) is 19.7. The maximum atomic E-state index is 14.3. The molecule has 0 radical (unpaired) electrons. The second-order valence-corrected chi connectivity index (χ2v) is 9.70. The summed E-state index contributed by atoms with van der Waals surface area (Å²) in [5.74, 6) is -0.472. The molecule has 210 valence electrons. The van der Waals surface area contributed by atoms with Crippen molar-refractivity contribution >= 4 is 30.2 Å². The van der Waals surface area contributed by atoms with E-state index >= 15 is 0 Å². The third-order valence-electron chi connectivity index (χ3n) is 7.41. The molecule has 2 N–H and O–H groups in total. The summed E-state index contributed by atoms with van der Waals surface area (Å²) in [4.78, 5) is 29.5. The number of aryl methyl sites for hydroxylation is 1. The van der Waals surface area contributed by atoms with E-state index in [-0.39, 0.29) is 29.9 Å². The van der Waals surface area contributed by atoms with E-state index in [1.54, 1.807) is 4.80 Å². The van der Waals surface area contributed by atoms with Crippen LogP contribution < -0.4 is 15.5 Å². The minimum Gasteiger partial charge on any atom is -0.339 e. The maximum absolute atomic E-state index is 14.3. The Morgan fingerprint density at radius 1 is 1.08 bits per heavy atom. The molecule has 0 aliphatic carbocycles. The molecule has 2 aromatic heterocycles. The summed E-state index contributed by atoms with van der Waals surface area (Å²) in [6.45, 7) is 7.39. The average Bonchev–Trinajstić information content (AvgIpc) is 3.58. The van der Waals surface area contributed by atoms with E-state index in [9.17, 15) is 13.6 Å². The van der Waals surface area contributed by atoms with Crippen molar-refractivity contribution in [3.05, 3.63) is 53.4 Å². The van der Waals surface area contributed by atoms with Gasteiger partial charge in [-0.05, 0) is 55.7 Å². The summed E-state index contributed by atoms with van der Waals surface area (Å²) in [5.41, 5.74) is 6.92. The van der Waals surface area contributed by atoms with Gasteiger partial charge in [0.25, 0.3) is 11.9 Å². The van der Waals surface area contributed by atoms with Crippen LogP contribution in [0.2, 0.25) is 0 Å². The number of tetrazole rings is 1. The van der Waals surface area contributed by atoms with Gasteiger partial charge in [-0.1, -0.05) is 5.10 Å². The number of aromatic nitrogens is 6. The fraction of sp³-hybridized carbons (Fsp3) is 0.520. The predicted octanol–water partition coefficient (Wildman–Crippen LogP) is 2.25. The highest BCUT2D eigenvalue weighted by atomic mass is 35.5. The topological polar surface area (TPSA) is 122 Å². The van der Waals surface area contributed by atoms with Crippen molar-refractivity contribution in [3.63, 3.8) is 0 Å². The van der Waals surface area contributed by atoms with Crippen LogP contribution in [0.3, 0.4) is 0 Å². The lowest BCUT2D eigenvalue weighted by atomic mass is 9.94. The number of hydrogen-bond donors (Lipinski definition) is 1. The molecule has 3 aromatic rings. The smallest absolute Gasteiger partial charge is 0.266 e. The van der Waals surface area contributed by atoms with Crippen LogP contribution in [0.25, 0.3) is 0 Å². The van der Waals surface area contributed by atoms with Gasteiger partial charge in [-0.2, -0.15) is 4.80 Å². The Morgan fingerprint density at radius 2 is 1.79 bits per heavy atom. The van der Waals surface area contributed by atoms with Gasteiger partial charge in [0.1, 0.15) is 11.6 Å². The number of anilines is 2. The first-order valence-electron chi connectivity index (χ1n) is 13.0. The van der Waals surface area contributed by atoms with E-state index in [0.29, 0.717) is 43.6 Å². The lowest BCUT2D eigenvalue weighted by Crippen LogP contribution is -2.47. The van der Waals surface area contributed by atoms with Gasteiger partial charge >= 0.3 is 0 Å². The molecule has 2 saturated heterocycles. The van der Waals surface area contributed by atoms with E-state index in [1.807, 2.05) is 23.6 Å². The van der Waals surface area contributed by atoms with E-state index in [2.05, 4.69) is 30.3 Å². The van der Waals surface area contributed by atoms with Gasteiger partial charge in [0.2, 0.25) is 5.95 Å². The van der Waals surface area contributed by atoms with E-state index in [0.717, 1.165) is 38.1 Å². The Bertz CT molecular complexity index is 1270.